The summed E-state index contributed by atoms with van der Waals surface area (Å²) in [4.78, 5) is 30.4. The molecule has 2 amide bonds. The molecule has 34 heavy (non-hydrogen) atoms. The normalized spacial score (nSPS) is 16.5. The minimum absolute atomic E-state index is 0.254. The first-order valence-corrected chi connectivity index (χ1v) is 11.3. The number of aryl methyl sites for hydroxylation is 3. The Morgan fingerprint density at radius 2 is 1.88 bits per heavy atom. The van der Waals surface area contributed by atoms with Crippen molar-refractivity contribution in [3.8, 4) is 11.1 Å². The van der Waals surface area contributed by atoms with Crippen molar-refractivity contribution in [1.82, 2.24) is 20.1 Å². The summed E-state index contributed by atoms with van der Waals surface area (Å²) < 4.78 is 15.5. The number of carbonyl (C=O) groups excluding carboxylic acids is 2. The average Bonchev–Trinajstić information content (AvgIpc) is 3.24. The van der Waals surface area contributed by atoms with E-state index in [0.717, 1.165) is 22.4 Å². The van der Waals surface area contributed by atoms with E-state index >= 15 is 0 Å². The standard InChI is InChI=1S/C26H28FN5O2/c1-16-11-13-28-17(2)23(16)18-7-9-21(10-8-18)30-26(34)24(19-5-4-6-20(27)15-19)31-25(33)22-12-14-29-32(22)3/h7-15,19,24H,4-6H2,1-3H3,(H,30,34)(H,31,33). The van der Waals surface area contributed by atoms with Crippen molar-refractivity contribution in [2.24, 2.45) is 13.0 Å². The smallest absolute Gasteiger partial charge is 0.270 e. The van der Waals surface area contributed by atoms with Crippen LogP contribution in [-0.4, -0.2) is 32.6 Å². The van der Waals surface area contributed by atoms with Crippen molar-refractivity contribution in [2.45, 2.75) is 39.2 Å². The van der Waals surface area contributed by atoms with Crippen LogP contribution in [0.1, 0.15) is 41.0 Å². The van der Waals surface area contributed by atoms with E-state index < -0.39 is 23.8 Å². The van der Waals surface area contributed by atoms with Gasteiger partial charge in [0.2, 0.25) is 5.91 Å². The summed E-state index contributed by atoms with van der Waals surface area (Å²) in [6, 6.07) is 10.1. The molecule has 2 aromatic heterocycles. The zero-order valence-electron chi connectivity index (χ0n) is 19.5. The highest BCUT2D eigenvalue weighted by molar-refractivity contribution is 6.01. The molecule has 3 aromatic rings. The third kappa shape index (κ3) is 5.06. The van der Waals surface area contributed by atoms with Crippen LogP contribution in [0.25, 0.3) is 11.1 Å². The minimum atomic E-state index is -0.920. The number of amides is 2. The van der Waals surface area contributed by atoms with Crippen molar-refractivity contribution in [2.75, 3.05) is 5.32 Å². The lowest BCUT2D eigenvalue weighted by atomic mass is 9.88. The molecule has 2 heterocycles. The first-order chi connectivity index (χ1) is 16.3. The second-order valence-corrected chi connectivity index (χ2v) is 8.62. The number of benzene rings is 1. The van der Waals surface area contributed by atoms with Gasteiger partial charge in [0, 0.05) is 42.3 Å². The molecule has 2 unspecified atom stereocenters. The number of hydrogen-bond acceptors (Lipinski definition) is 4. The third-order valence-electron chi connectivity index (χ3n) is 6.19. The van der Waals surface area contributed by atoms with E-state index in [1.165, 1.54) is 17.0 Å². The van der Waals surface area contributed by atoms with Gasteiger partial charge >= 0.3 is 0 Å². The Bertz CT molecular complexity index is 1210. The molecule has 0 saturated carbocycles. The summed E-state index contributed by atoms with van der Waals surface area (Å²) in [5.74, 6) is -1.52. The van der Waals surface area contributed by atoms with E-state index in [-0.39, 0.29) is 5.83 Å². The number of anilines is 1. The number of hydrogen-bond donors (Lipinski definition) is 2. The Labute approximate surface area is 198 Å². The van der Waals surface area contributed by atoms with Crippen molar-refractivity contribution in [1.29, 1.82) is 0 Å². The van der Waals surface area contributed by atoms with Crippen LogP contribution in [-0.2, 0) is 11.8 Å². The molecule has 0 bridgehead atoms. The molecule has 2 atom stereocenters. The van der Waals surface area contributed by atoms with Crippen LogP contribution in [0, 0.1) is 19.8 Å². The molecule has 0 saturated heterocycles. The van der Waals surface area contributed by atoms with Crippen LogP contribution in [0.15, 0.2) is 60.7 Å². The van der Waals surface area contributed by atoms with Crippen LogP contribution < -0.4 is 10.6 Å². The summed E-state index contributed by atoms with van der Waals surface area (Å²) in [5, 5.41) is 9.68. The first kappa shape index (κ1) is 23.4. The number of nitrogens with zero attached hydrogens (tertiary/aromatic N) is 3. The van der Waals surface area contributed by atoms with E-state index in [1.54, 1.807) is 19.3 Å². The summed E-state index contributed by atoms with van der Waals surface area (Å²) in [6.07, 6.45) is 6.33. The highest BCUT2D eigenvalue weighted by Crippen LogP contribution is 2.29. The SMILES string of the molecule is Cc1ccnc(C)c1-c1ccc(NC(=O)C(NC(=O)c2ccnn2C)C2C=C(F)CCC2)cc1. The molecule has 7 nitrogen and oxygen atoms in total. The highest BCUT2D eigenvalue weighted by Gasteiger charge is 2.31. The van der Waals surface area contributed by atoms with Crippen LogP contribution >= 0.6 is 0 Å². The van der Waals surface area contributed by atoms with Gasteiger partial charge in [0.05, 0.1) is 5.83 Å². The molecule has 0 fully saturated rings. The monoisotopic (exact) mass is 461 g/mol. The Morgan fingerprint density at radius 3 is 2.53 bits per heavy atom. The van der Waals surface area contributed by atoms with Crippen LogP contribution in [0.2, 0.25) is 0 Å². The van der Waals surface area contributed by atoms with E-state index in [4.69, 9.17) is 0 Å². The third-order valence-corrected chi connectivity index (χ3v) is 6.19. The van der Waals surface area contributed by atoms with Crippen molar-refractivity contribution in [3.63, 3.8) is 0 Å². The summed E-state index contributed by atoms with van der Waals surface area (Å²) in [5.41, 5.74) is 5.02. The molecular formula is C26H28FN5O2. The van der Waals surface area contributed by atoms with Crippen LogP contribution in [0.3, 0.4) is 0 Å². The fourth-order valence-electron chi connectivity index (χ4n) is 4.42. The van der Waals surface area contributed by atoms with E-state index in [2.05, 4.69) is 20.7 Å². The Morgan fingerprint density at radius 1 is 1.12 bits per heavy atom. The van der Waals surface area contributed by atoms with Gasteiger partial charge in [0.25, 0.3) is 5.91 Å². The lowest BCUT2D eigenvalue weighted by Crippen LogP contribution is -2.48. The summed E-state index contributed by atoms with van der Waals surface area (Å²) in [7, 11) is 1.65. The number of allylic oxidation sites excluding steroid dienone is 1. The largest absolute Gasteiger partial charge is 0.338 e. The summed E-state index contributed by atoms with van der Waals surface area (Å²) >= 11 is 0. The van der Waals surface area contributed by atoms with Gasteiger partial charge in [-0.05, 0) is 74.6 Å². The van der Waals surface area contributed by atoms with Gasteiger partial charge in [-0.3, -0.25) is 19.3 Å². The van der Waals surface area contributed by atoms with Crippen molar-refractivity contribution < 1.29 is 14.0 Å². The first-order valence-electron chi connectivity index (χ1n) is 11.3. The number of carbonyl (C=O) groups is 2. The number of aromatic nitrogens is 3. The molecule has 8 heteroatoms. The lowest BCUT2D eigenvalue weighted by molar-refractivity contribution is -0.118. The maximum atomic E-state index is 14.0. The molecule has 0 radical (unpaired) electrons. The van der Waals surface area contributed by atoms with Crippen LogP contribution in [0.4, 0.5) is 10.1 Å². The summed E-state index contributed by atoms with van der Waals surface area (Å²) in [6.45, 7) is 4.00. The predicted octanol–water partition coefficient (Wildman–Crippen LogP) is 4.49. The molecule has 1 aliphatic rings. The van der Waals surface area contributed by atoms with Crippen molar-refractivity contribution >= 4 is 17.5 Å². The predicted molar refractivity (Wildman–Crippen MR) is 129 cm³/mol. The zero-order chi connectivity index (χ0) is 24.2. The number of nitrogens with one attached hydrogen (secondary N) is 2. The van der Waals surface area contributed by atoms with Gasteiger partial charge in [-0.2, -0.15) is 5.10 Å². The molecular weight excluding hydrogens is 433 g/mol. The zero-order valence-corrected chi connectivity index (χ0v) is 19.5. The van der Waals surface area contributed by atoms with E-state index in [9.17, 15) is 14.0 Å². The number of rotatable bonds is 6. The fourth-order valence-corrected chi connectivity index (χ4v) is 4.42. The van der Waals surface area contributed by atoms with Gasteiger partial charge in [-0.15, -0.1) is 0 Å². The highest BCUT2D eigenvalue weighted by atomic mass is 19.1. The van der Waals surface area contributed by atoms with Gasteiger partial charge in [-0.1, -0.05) is 12.1 Å². The molecule has 1 aromatic carbocycles. The maximum Gasteiger partial charge on any atom is 0.270 e. The molecule has 4 rings (SSSR count). The van der Waals surface area contributed by atoms with E-state index in [0.29, 0.717) is 30.6 Å². The van der Waals surface area contributed by atoms with Crippen molar-refractivity contribution in [3.05, 3.63) is 77.6 Å². The Kier molecular flexibility index (Phi) is 6.86. The number of halogens is 1. The van der Waals surface area contributed by atoms with Gasteiger partial charge in [-0.25, -0.2) is 4.39 Å². The van der Waals surface area contributed by atoms with Gasteiger partial charge < -0.3 is 10.6 Å². The molecule has 1 aliphatic carbocycles. The topological polar surface area (TPSA) is 88.9 Å². The second kappa shape index (κ2) is 9.99. The second-order valence-electron chi connectivity index (χ2n) is 8.62. The Hall–Kier alpha value is -3.81. The average molecular weight is 462 g/mol. The number of pyridine rings is 1. The quantitative estimate of drug-likeness (QED) is 0.566. The van der Waals surface area contributed by atoms with Gasteiger partial charge in [0.15, 0.2) is 0 Å². The molecule has 176 valence electrons. The van der Waals surface area contributed by atoms with Gasteiger partial charge in [0.1, 0.15) is 11.7 Å². The van der Waals surface area contributed by atoms with Crippen LogP contribution in [0.5, 0.6) is 0 Å². The minimum Gasteiger partial charge on any atom is -0.338 e. The molecule has 0 spiro atoms. The molecule has 0 aliphatic heterocycles. The fraction of sp³-hybridized carbons (Fsp3) is 0.308. The maximum absolute atomic E-state index is 14.0. The van der Waals surface area contributed by atoms with E-state index in [1.807, 2.05) is 44.2 Å². The molecule has 2 N–H and O–H groups in total. The Balaban J connectivity index is 1.55. The lowest BCUT2D eigenvalue weighted by Gasteiger charge is -2.27.